The number of aromatic nitrogens is 2. The van der Waals surface area contributed by atoms with E-state index in [1.807, 2.05) is 0 Å². The molecule has 0 spiro atoms. The minimum atomic E-state index is -0.322. The molecular formula is C14H17BrFN3O. The molecule has 1 aromatic carbocycles. The van der Waals surface area contributed by atoms with Crippen molar-refractivity contribution in [1.29, 1.82) is 0 Å². The van der Waals surface area contributed by atoms with Crippen LogP contribution in [0.15, 0.2) is 27.2 Å². The van der Waals surface area contributed by atoms with E-state index >= 15 is 0 Å². The summed E-state index contributed by atoms with van der Waals surface area (Å²) in [5, 5.41) is 3.95. The van der Waals surface area contributed by atoms with Crippen molar-refractivity contribution in [1.82, 2.24) is 10.1 Å². The maximum Gasteiger partial charge on any atom is 0.231 e. The summed E-state index contributed by atoms with van der Waals surface area (Å²) in [5.41, 5.74) is 6.46. The summed E-state index contributed by atoms with van der Waals surface area (Å²) in [5.74, 6) is 1.22. The van der Waals surface area contributed by atoms with Gasteiger partial charge in [-0.1, -0.05) is 19.0 Å². The van der Waals surface area contributed by atoms with Crippen molar-refractivity contribution < 1.29 is 8.91 Å². The van der Waals surface area contributed by atoms with Crippen molar-refractivity contribution >= 4 is 15.9 Å². The van der Waals surface area contributed by atoms with E-state index in [2.05, 4.69) is 39.9 Å². The monoisotopic (exact) mass is 341 g/mol. The van der Waals surface area contributed by atoms with Crippen LogP contribution < -0.4 is 5.73 Å². The van der Waals surface area contributed by atoms with Crippen LogP contribution in [0.1, 0.15) is 32.1 Å². The second-order valence-electron chi connectivity index (χ2n) is 5.15. The Morgan fingerprint density at radius 3 is 2.75 bits per heavy atom. The van der Waals surface area contributed by atoms with Gasteiger partial charge in [0.2, 0.25) is 11.7 Å². The lowest BCUT2D eigenvalue weighted by molar-refractivity contribution is 0.335. The van der Waals surface area contributed by atoms with Gasteiger partial charge in [0, 0.05) is 12.1 Å². The van der Waals surface area contributed by atoms with Gasteiger partial charge in [0.25, 0.3) is 0 Å². The summed E-state index contributed by atoms with van der Waals surface area (Å²) >= 11 is 3.14. The first-order valence-electron chi connectivity index (χ1n) is 6.50. The van der Waals surface area contributed by atoms with Crippen LogP contribution in [0, 0.1) is 11.7 Å². The Labute approximate surface area is 125 Å². The number of halogens is 2. The lowest BCUT2D eigenvalue weighted by Crippen LogP contribution is -2.15. The van der Waals surface area contributed by atoms with E-state index in [0.29, 0.717) is 34.2 Å². The van der Waals surface area contributed by atoms with Crippen LogP contribution in [-0.4, -0.2) is 16.7 Å². The Bertz CT molecular complexity index is 586. The van der Waals surface area contributed by atoms with Gasteiger partial charge in [-0.15, -0.1) is 0 Å². The smallest absolute Gasteiger partial charge is 0.231 e. The van der Waals surface area contributed by atoms with Crippen molar-refractivity contribution in [3.63, 3.8) is 0 Å². The lowest BCUT2D eigenvalue weighted by atomic mass is 9.97. The van der Waals surface area contributed by atoms with Crippen LogP contribution in [0.4, 0.5) is 4.39 Å². The third-order valence-corrected chi connectivity index (χ3v) is 3.62. The normalized spacial score (nSPS) is 12.9. The van der Waals surface area contributed by atoms with Crippen molar-refractivity contribution in [2.24, 2.45) is 11.7 Å². The fourth-order valence-electron chi connectivity index (χ4n) is 2.02. The standard InChI is InChI=1S/C14H17BrFN3O/c1-8(2)5-10(7-17)14-18-13(19-20-14)9-3-4-12(16)11(15)6-9/h3-4,6,8,10H,5,7,17H2,1-2H3. The second kappa shape index (κ2) is 6.45. The third kappa shape index (κ3) is 3.43. The molecule has 0 amide bonds. The van der Waals surface area contributed by atoms with Crippen LogP contribution >= 0.6 is 15.9 Å². The highest BCUT2D eigenvalue weighted by Gasteiger charge is 2.19. The molecule has 0 saturated heterocycles. The average Bonchev–Trinajstić information content (AvgIpc) is 2.88. The molecule has 4 nitrogen and oxygen atoms in total. The largest absolute Gasteiger partial charge is 0.339 e. The van der Waals surface area contributed by atoms with Crippen molar-refractivity contribution in [3.05, 3.63) is 34.4 Å². The fourth-order valence-corrected chi connectivity index (χ4v) is 2.40. The van der Waals surface area contributed by atoms with Gasteiger partial charge in [0.1, 0.15) is 5.82 Å². The first kappa shape index (κ1) is 15.1. The molecule has 6 heteroatoms. The molecule has 0 bridgehead atoms. The lowest BCUT2D eigenvalue weighted by Gasteiger charge is -2.11. The molecule has 0 saturated carbocycles. The van der Waals surface area contributed by atoms with Crippen LogP contribution in [0.2, 0.25) is 0 Å². The zero-order valence-electron chi connectivity index (χ0n) is 11.4. The molecule has 1 aromatic heterocycles. The molecule has 2 rings (SSSR count). The Hall–Kier alpha value is -1.27. The maximum atomic E-state index is 13.2. The van der Waals surface area contributed by atoms with Crippen LogP contribution in [0.5, 0.6) is 0 Å². The number of rotatable bonds is 5. The first-order chi connectivity index (χ1) is 9.51. The molecule has 1 atom stereocenters. The summed E-state index contributed by atoms with van der Waals surface area (Å²) < 4.78 is 18.9. The van der Waals surface area contributed by atoms with Crippen molar-refractivity contribution in [2.75, 3.05) is 6.54 Å². The minimum Gasteiger partial charge on any atom is -0.339 e. The van der Waals surface area contributed by atoms with Crippen molar-refractivity contribution in [3.8, 4) is 11.4 Å². The minimum absolute atomic E-state index is 0.0557. The fraction of sp³-hybridized carbons (Fsp3) is 0.429. The van der Waals surface area contributed by atoms with Gasteiger partial charge >= 0.3 is 0 Å². The Kier molecular flexibility index (Phi) is 4.88. The van der Waals surface area contributed by atoms with E-state index in [0.717, 1.165) is 6.42 Å². The Balaban J connectivity index is 2.25. The van der Waals surface area contributed by atoms with E-state index in [1.165, 1.54) is 6.07 Å². The maximum absolute atomic E-state index is 13.2. The zero-order chi connectivity index (χ0) is 14.7. The summed E-state index contributed by atoms with van der Waals surface area (Å²) in [6.45, 7) is 4.71. The van der Waals surface area contributed by atoms with Gasteiger partial charge in [-0.05, 0) is 46.5 Å². The topological polar surface area (TPSA) is 64.9 Å². The number of nitrogens with zero attached hydrogens (tertiary/aromatic N) is 2. The summed E-state index contributed by atoms with van der Waals surface area (Å²) in [6, 6.07) is 4.61. The van der Waals surface area contributed by atoms with Gasteiger partial charge < -0.3 is 10.3 Å². The number of benzene rings is 1. The second-order valence-corrected chi connectivity index (χ2v) is 6.00. The summed E-state index contributed by atoms with van der Waals surface area (Å²) in [7, 11) is 0. The average molecular weight is 342 g/mol. The molecule has 2 N–H and O–H groups in total. The van der Waals surface area contributed by atoms with E-state index in [9.17, 15) is 4.39 Å². The van der Waals surface area contributed by atoms with Gasteiger partial charge in [0.15, 0.2) is 0 Å². The molecule has 0 aliphatic heterocycles. The summed E-state index contributed by atoms with van der Waals surface area (Å²) in [4.78, 5) is 4.37. The molecule has 2 aromatic rings. The van der Waals surface area contributed by atoms with E-state index < -0.39 is 0 Å². The highest BCUT2D eigenvalue weighted by atomic mass is 79.9. The van der Waals surface area contributed by atoms with Crippen molar-refractivity contribution in [2.45, 2.75) is 26.2 Å². The Morgan fingerprint density at radius 2 is 2.15 bits per heavy atom. The third-order valence-electron chi connectivity index (χ3n) is 3.01. The Morgan fingerprint density at radius 1 is 1.40 bits per heavy atom. The van der Waals surface area contributed by atoms with E-state index in [-0.39, 0.29) is 11.7 Å². The predicted octanol–water partition coefficient (Wildman–Crippen LogP) is 3.73. The molecular weight excluding hydrogens is 325 g/mol. The molecule has 0 aliphatic rings. The van der Waals surface area contributed by atoms with Crippen LogP contribution in [0.25, 0.3) is 11.4 Å². The molecule has 0 radical (unpaired) electrons. The molecule has 108 valence electrons. The quantitative estimate of drug-likeness (QED) is 0.899. The highest BCUT2D eigenvalue weighted by molar-refractivity contribution is 9.10. The summed E-state index contributed by atoms with van der Waals surface area (Å²) in [6.07, 6.45) is 0.894. The number of hydrogen-bond acceptors (Lipinski definition) is 4. The zero-order valence-corrected chi connectivity index (χ0v) is 13.0. The van der Waals surface area contributed by atoms with Gasteiger partial charge in [-0.25, -0.2) is 4.39 Å². The van der Waals surface area contributed by atoms with Gasteiger partial charge in [-0.3, -0.25) is 0 Å². The molecule has 20 heavy (non-hydrogen) atoms. The molecule has 1 unspecified atom stereocenters. The predicted molar refractivity (Wildman–Crippen MR) is 78.6 cm³/mol. The first-order valence-corrected chi connectivity index (χ1v) is 7.29. The van der Waals surface area contributed by atoms with Crippen LogP contribution in [-0.2, 0) is 0 Å². The SMILES string of the molecule is CC(C)CC(CN)c1nc(-c2ccc(F)c(Br)c2)no1. The molecule has 1 heterocycles. The highest BCUT2D eigenvalue weighted by Crippen LogP contribution is 2.26. The number of nitrogens with two attached hydrogens (primary N) is 1. The van der Waals surface area contributed by atoms with E-state index in [1.54, 1.807) is 12.1 Å². The van der Waals surface area contributed by atoms with Crippen LogP contribution in [0.3, 0.4) is 0 Å². The molecule has 0 fully saturated rings. The van der Waals surface area contributed by atoms with E-state index in [4.69, 9.17) is 10.3 Å². The number of hydrogen-bond donors (Lipinski definition) is 1. The van der Waals surface area contributed by atoms with Gasteiger partial charge in [0.05, 0.1) is 10.4 Å². The van der Waals surface area contributed by atoms with Gasteiger partial charge in [-0.2, -0.15) is 4.98 Å². The molecule has 0 aliphatic carbocycles.